The summed E-state index contributed by atoms with van der Waals surface area (Å²) in [6.45, 7) is 0.147. The van der Waals surface area contributed by atoms with Gasteiger partial charge in [-0.2, -0.15) is 0 Å². The number of carbonyl (C=O) groups excluding carboxylic acids is 2. The molecular weight excluding hydrogens is 294 g/mol. The molecule has 2 aliphatic rings. The number of primary amides is 1. The third-order valence-corrected chi connectivity index (χ3v) is 3.38. The molecule has 2 saturated heterocycles. The highest BCUT2D eigenvalue weighted by Gasteiger charge is 2.55. The van der Waals surface area contributed by atoms with E-state index in [9.17, 15) is 9.59 Å². The maximum absolute atomic E-state index is 11.3. The van der Waals surface area contributed by atoms with Crippen LogP contribution in [0.3, 0.4) is 0 Å². The van der Waals surface area contributed by atoms with E-state index in [4.69, 9.17) is 29.4 Å². The summed E-state index contributed by atoms with van der Waals surface area (Å²) >= 11 is 0. The molecule has 2 fully saturated rings. The van der Waals surface area contributed by atoms with Crippen LogP contribution in [0.4, 0.5) is 9.59 Å². The van der Waals surface area contributed by atoms with Gasteiger partial charge in [-0.3, -0.25) is 0 Å². The van der Waals surface area contributed by atoms with Gasteiger partial charge in [0, 0.05) is 0 Å². The van der Waals surface area contributed by atoms with Gasteiger partial charge in [0.2, 0.25) is 0 Å². The van der Waals surface area contributed by atoms with E-state index in [0.717, 1.165) is 5.56 Å². The second kappa shape index (κ2) is 6.20. The minimum atomic E-state index is -0.931. The Morgan fingerprint density at radius 2 is 1.91 bits per heavy atom. The molecule has 0 radical (unpaired) electrons. The maximum Gasteiger partial charge on any atom is 0.509 e. The van der Waals surface area contributed by atoms with Crippen LogP contribution in [-0.2, 0) is 30.3 Å². The van der Waals surface area contributed by atoms with Gasteiger partial charge >= 0.3 is 12.2 Å². The number of amides is 1. The summed E-state index contributed by atoms with van der Waals surface area (Å²) in [4.78, 5) is 22.0. The molecule has 1 unspecified atom stereocenters. The van der Waals surface area contributed by atoms with Crippen LogP contribution in [0.1, 0.15) is 5.56 Å². The summed E-state index contributed by atoms with van der Waals surface area (Å²) in [7, 11) is 0. The van der Waals surface area contributed by atoms with Gasteiger partial charge in [-0.05, 0) is 5.56 Å². The van der Waals surface area contributed by atoms with Crippen molar-refractivity contribution in [1.29, 1.82) is 0 Å². The van der Waals surface area contributed by atoms with Crippen molar-refractivity contribution in [3.8, 4) is 0 Å². The zero-order valence-corrected chi connectivity index (χ0v) is 11.5. The Kier molecular flexibility index (Phi) is 4.12. The smallest absolute Gasteiger partial charge is 0.447 e. The molecule has 0 aliphatic carbocycles. The molecule has 118 valence electrons. The number of hydrogen-bond acceptors (Lipinski definition) is 7. The summed E-state index contributed by atoms with van der Waals surface area (Å²) in [6, 6.07) is 9.47. The zero-order chi connectivity index (χ0) is 15.5. The Morgan fingerprint density at radius 3 is 2.64 bits per heavy atom. The highest BCUT2D eigenvalue weighted by Crippen LogP contribution is 2.33. The second-order valence-corrected chi connectivity index (χ2v) is 4.88. The SMILES string of the molecule is NC(=O)OCC1O[C@@H](OCc2ccccc2)[C@@H]2OC(=O)O[C@H]12. The van der Waals surface area contributed by atoms with E-state index in [1.54, 1.807) is 0 Å². The van der Waals surface area contributed by atoms with Crippen LogP contribution < -0.4 is 5.73 Å². The van der Waals surface area contributed by atoms with E-state index in [0.29, 0.717) is 0 Å². The first-order valence-corrected chi connectivity index (χ1v) is 6.74. The van der Waals surface area contributed by atoms with Crippen molar-refractivity contribution in [2.45, 2.75) is 31.2 Å². The molecule has 0 spiro atoms. The topological polar surface area (TPSA) is 106 Å². The van der Waals surface area contributed by atoms with E-state index in [1.165, 1.54) is 0 Å². The summed E-state index contributed by atoms with van der Waals surface area (Å²) in [5.41, 5.74) is 5.87. The molecule has 4 atom stereocenters. The summed E-state index contributed by atoms with van der Waals surface area (Å²) in [5.74, 6) is 0. The van der Waals surface area contributed by atoms with E-state index < -0.39 is 36.9 Å². The van der Waals surface area contributed by atoms with Crippen molar-refractivity contribution in [2.24, 2.45) is 5.73 Å². The van der Waals surface area contributed by atoms with Crippen LogP contribution in [0.5, 0.6) is 0 Å². The number of fused-ring (bicyclic) bond motifs is 1. The van der Waals surface area contributed by atoms with E-state index in [2.05, 4.69) is 0 Å². The summed E-state index contributed by atoms with van der Waals surface area (Å²) in [5, 5.41) is 0. The number of ether oxygens (including phenoxy) is 5. The Balaban J connectivity index is 1.61. The normalized spacial score (nSPS) is 29.5. The highest BCUT2D eigenvalue weighted by atomic mass is 16.8. The molecule has 8 heteroatoms. The Hall–Kier alpha value is -2.32. The number of benzene rings is 1. The van der Waals surface area contributed by atoms with Crippen LogP contribution in [-0.4, -0.2) is 43.5 Å². The number of carbonyl (C=O) groups is 2. The molecule has 0 bridgehead atoms. The number of hydrogen-bond donors (Lipinski definition) is 1. The van der Waals surface area contributed by atoms with E-state index >= 15 is 0 Å². The lowest BCUT2D eigenvalue weighted by Gasteiger charge is -2.16. The van der Waals surface area contributed by atoms with Crippen LogP contribution in [0.2, 0.25) is 0 Å². The van der Waals surface area contributed by atoms with Gasteiger partial charge in [0.05, 0.1) is 6.61 Å². The highest BCUT2D eigenvalue weighted by molar-refractivity contribution is 5.65. The Bertz CT molecular complexity index is 549. The third-order valence-electron chi connectivity index (χ3n) is 3.38. The fourth-order valence-electron chi connectivity index (χ4n) is 2.39. The standard InChI is InChI=1S/C14H15NO7/c15-13(16)19-7-9-10-11(22-14(17)21-10)12(20-9)18-6-8-4-2-1-3-5-8/h1-5,9-12H,6-7H2,(H2,15,16)/t9?,10-,11-,12-/m1/s1. The van der Waals surface area contributed by atoms with Crippen molar-refractivity contribution < 1.29 is 33.3 Å². The van der Waals surface area contributed by atoms with Crippen molar-refractivity contribution in [2.75, 3.05) is 6.61 Å². The van der Waals surface area contributed by atoms with Crippen LogP contribution >= 0.6 is 0 Å². The predicted octanol–water partition coefficient (Wildman–Crippen LogP) is 0.927. The van der Waals surface area contributed by atoms with Gasteiger partial charge in [0.1, 0.15) is 12.7 Å². The van der Waals surface area contributed by atoms with E-state index in [1.807, 2.05) is 30.3 Å². The fourth-order valence-corrected chi connectivity index (χ4v) is 2.39. The molecule has 22 heavy (non-hydrogen) atoms. The molecule has 1 aromatic rings. The largest absolute Gasteiger partial charge is 0.509 e. The second-order valence-electron chi connectivity index (χ2n) is 4.88. The molecule has 8 nitrogen and oxygen atoms in total. The predicted molar refractivity (Wildman–Crippen MR) is 70.6 cm³/mol. The zero-order valence-electron chi connectivity index (χ0n) is 11.5. The van der Waals surface area contributed by atoms with Gasteiger partial charge in [0.25, 0.3) is 0 Å². The van der Waals surface area contributed by atoms with Crippen LogP contribution in [0.15, 0.2) is 30.3 Å². The van der Waals surface area contributed by atoms with Gasteiger partial charge in [-0.15, -0.1) is 0 Å². The monoisotopic (exact) mass is 309 g/mol. The molecule has 0 aromatic heterocycles. The molecule has 0 saturated carbocycles. The van der Waals surface area contributed by atoms with Crippen molar-refractivity contribution in [1.82, 2.24) is 0 Å². The maximum atomic E-state index is 11.3. The first-order valence-electron chi connectivity index (χ1n) is 6.74. The molecular formula is C14H15NO7. The lowest BCUT2D eigenvalue weighted by molar-refractivity contribution is -0.178. The van der Waals surface area contributed by atoms with Crippen molar-refractivity contribution >= 4 is 12.2 Å². The average Bonchev–Trinajstić information content (AvgIpc) is 3.02. The molecule has 2 N–H and O–H groups in total. The quantitative estimate of drug-likeness (QED) is 0.806. The van der Waals surface area contributed by atoms with Gasteiger partial charge in [0.15, 0.2) is 18.5 Å². The molecule has 1 amide bonds. The van der Waals surface area contributed by atoms with Crippen molar-refractivity contribution in [3.63, 3.8) is 0 Å². The Labute approximate surface area is 126 Å². The van der Waals surface area contributed by atoms with Gasteiger partial charge in [-0.1, -0.05) is 30.3 Å². The fraction of sp³-hybridized carbons (Fsp3) is 0.429. The van der Waals surface area contributed by atoms with Gasteiger partial charge < -0.3 is 29.4 Å². The molecule has 1 aromatic carbocycles. The van der Waals surface area contributed by atoms with Crippen LogP contribution in [0, 0.1) is 0 Å². The number of nitrogens with two attached hydrogens (primary N) is 1. The first kappa shape index (κ1) is 14.6. The molecule has 3 rings (SSSR count). The van der Waals surface area contributed by atoms with Crippen molar-refractivity contribution in [3.05, 3.63) is 35.9 Å². The average molecular weight is 309 g/mol. The minimum Gasteiger partial charge on any atom is -0.447 e. The lowest BCUT2D eigenvalue weighted by atomic mass is 10.1. The lowest BCUT2D eigenvalue weighted by Crippen LogP contribution is -2.33. The van der Waals surface area contributed by atoms with E-state index in [-0.39, 0.29) is 13.2 Å². The minimum absolute atomic E-state index is 0.141. The molecule has 2 heterocycles. The first-order chi connectivity index (χ1) is 10.6. The van der Waals surface area contributed by atoms with Gasteiger partial charge in [-0.25, -0.2) is 9.59 Å². The Morgan fingerprint density at radius 1 is 1.18 bits per heavy atom. The summed E-state index contributed by atoms with van der Waals surface area (Å²) in [6.07, 6.45) is -4.58. The number of rotatable bonds is 5. The summed E-state index contributed by atoms with van der Waals surface area (Å²) < 4.78 is 26.0. The third kappa shape index (κ3) is 3.12. The molecule has 2 aliphatic heterocycles. The van der Waals surface area contributed by atoms with Crippen LogP contribution in [0.25, 0.3) is 0 Å².